The van der Waals surface area contributed by atoms with Crippen LogP contribution in [-0.4, -0.2) is 63.1 Å². The van der Waals surface area contributed by atoms with Crippen LogP contribution in [0.25, 0.3) is 0 Å². The van der Waals surface area contributed by atoms with E-state index in [1.165, 1.54) is 13.8 Å². The van der Waals surface area contributed by atoms with Gasteiger partial charge in [0.2, 0.25) is 0 Å². The Hall–Kier alpha value is -1.77. The van der Waals surface area contributed by atoms with Gasteiger partial charge in [-0.1, -0.05) is 27.4 Å². The second-order valence-corrected chi connectivity index (χ2v) is 11.2. The second-order valence-electron chi connectivity index (χ2n) is 11.2. The van der Waals surface area contributed by atoms with E-state index in [2.05, 4.69) is 20.4 Å². The van der Waals surface area contributed by atoms with Crippen molar-refractivity contribution in [3.63, 3.8) is 0 Å². The van der Waals surface area contributed by atoms with Gasteiger partial charge in [-0.05, 0) is 30.6 Å². The summed E-state index contributed by atoms with van der Waals surface area (Å²) in [6.07, 6.45) is -3.24. The average molecular weight is 451 g/mol. The fourth-order valence-corrected chi connectivity index (χ4v) is 8.05. The van der Waals surface area contributed by atoms with Gasteiger partial charge in [0.25, 0.3) is 0 Å². The highest BCUT2D eigenvalue weighted by Crippen LogP contribution is 2.72. The van der Waals surface area contributed by atoms with Crippen LogP contribution in [0.15, 0.2) is 12.2 Å². The van der Waals surface area contributed by atoms with E-state index >= 15 is 0 Å². The molecule has 3 N–H and O–H groups in total. The molecule has 0 aromatic rings. The molecule has 32 heavy (non-hydrogen) atoms. The molecule has 0 amide bonds. The Morgan fingerprint density at radius 1 is 1.09 bits per heavy atom. The van der Waals surface area contributed by atoms with Crippen LogP contribution in [0.2, 0.25) is 0 Å². The maximum absolute atomic E-state index is 13.7. The number of carbonyl (C=O) groups is 3. The fourth-order valence-electron chi connectivity index (χ4n) is 8.05. The van der Waals surface area contributed by atoms with Crippen LogP contribution in [0.1, 0.15) is 60.3 Å². The van der Waals surface area contributed by atoms with Gasteiger partial charge in [-0.25, -0.2) is 0 Å². The Morgan fingerprint density at radius 3 is 2.25 bits per heavy atom. The van der Waals surface area contributed by atoms with E-state index < -0.39 is 64.5 Å². The van der Waals surface area contributed by atoms with Crippen molar-refractivity contribution in [2.75, 3.05) is 0 Å². The van der Waals surface area contributed by atoms with Crippen LogP contribution in [0.5, 0.6) is 0 Å². The Balaban J connectivity index is 2.00. The van der Waals surface area contributed by atoms with Gasteiger partial charge < -0.3 is 24.8 Å². The number of rotatable bonds is 2. The van der Waals surface area contributed by atoms with Crippen molar-refractivity contribution in [2.24, 2.45) is 28.1 Å². The number of aliphatic hydroxyl groups is 3. The van der Waals surface area contributed by atoms with E-state index in [9.17, 15) is 29.7 Å². The molecule has 0 aromatic carbocycles. The maximum atomic E-state index is 13.7. The topological polar surface area (TPSA) is 130 Å². The molecule has 0 aliphatic heterocycles. The van der Waals surface area contributed by atoms with Crippen molar-refractivity contribution in [1.29, 1.82) is 0 Å². The first-order valence-corrected chi connectivity index (χ1v) is 11.3. The molecule has 4 saturated carbocycles. The van der Waals surface area contributed by atoms with Gasteiger partial charge in [0.15, 0.2) is 5.78 Å². The average Bonchev–Trinajstić information content (AvgIpc) is 2.75. The molecule has 0 saturated heterocycles. The standard InChI is InChI=1S/C24H34O8/c1-11-19(28)24-16(27)9-15-21(4,5)8-7-17(32-13(3)26)22(15,6)18(24)14(31-12(2)25)10-23(11,30)20(24)29/h14-18,20,27,29-30H,1,7-10H2,2-6H3. The van der Waals surface area contributed by atoms with E-state index in [1.807, 2.05) is 6.92 Å². The minimum Gasteiger partial charge on any atom is -0.462 e. The smallest absolute Gasteiger partial charge is 0.302 e. The predicted octanol–water partition coefficient (Wildman–Crippen LogP) is 1.29. The summed E-state index contributed by atoms with van der Waals surface area (Å²) in [5, 5.41) is 34.2. The largest absolute Gasteiger partial charge is 0.462 e. The minimum atomic E-state index is -2.00. The molecule has 9 atom stereocenters. The molecule has 0 aromatic heterocycles. The SMILES string of the molecule is C=C1C(=O)C23C(O)CC4C(C)(C)CCC(OC(C)=O)C4(C)C2C(OC(C)=O)CC1(O)C3O. The molecule has 8 nitrogen and oxygen atoms in total. The zero-order valence-corrected chi connectivity index (χ0v) is 19.4. The van der Waals surface area contributed by atoms with Gasteiger partial charge in [0.05, 0.1) is 11.5 Å². The summed E-state index contributed by atoms with van der Waals surface area (Å²) >= 11 is 0. The Bertz CT molecular complexity index is 894. The van der Waals surface area contributed by atoms with Gasteiger partial charge in [-0.2, -0.15) is 0 Å². The van der Waals surface area contributed by atoms with Gasteiger partial charge >= 0.3 is 11.9 Å². The summed E-state index contributed by atoms with van der Waals surface area (Å²) < 4.78 is 11.5. The van der Waals surface area contributed by atoms with Gasteiger partial charge in [-0.15, -0.1) is 0 Å². The first-order valence-electron chi connectivity index (χ1n) is 11.3. The predicted molar refractivity (Wildman–Crippen MR) is 112 cm³/mol. The lowest BCUT2D eigenvalue weighted by Gasteiger charge is -2.67. The number of Topliss-reactive ketones (excluding diaryl/α,β-unsaturated/α-hetero) is 1. The highest BCUT2D eigenvalue weighted by atomic mass is 16.6. The van der Waals surface area contributed by atoms with Crippen LogP contribution >= 0.6 is 0 Å². The number of hydrogen-bond donors (Lipinski definition) is 3. The van der Waals surface area contributed by atoms with E-state index in [-0.39, 0.29) is 29.7 Å². The normalized spacial score (nSPS) is 49.1. The third-order valence-electron chi connectivity index (χ3n) is 9.24. The highest BCUT2D eigenvalue weighted by molar-refractivity contribution is 6.06. The van der Waals surface area contributed by atoms with E-state index in [0.29, 0.717) is 6.42 Å². The summed E-state index contributed by atoms with van der Waals surface area (Å²) in [6, 6.07) is 0. The van der Waals surface area contributed by atoms with Crippen molar-refractivity contribution in [2.45, 2.75) is 90.3 Å². The van der Waals surface area contributed by atoms with Crippen LogP contribution < -0.4 is 0 Å². The number of ether oxygens (including phenoxy) is 2. The van der Waals surface area contributed by atoms with Crippen molar-refractivity contribution in [3.05, 3.63) is 12.2 Å². The summed E-state index contributed by atoms with van der Waals surface area (Å²) in [6.45, 7) is 12.4. The summed E-state index contributed by atoms with van der Waals surface area (Å²) in [5.41, 5.74) is -5.16. The third kappa shape index (κ3) is 2.63. The van der Waals surface area contributed by atoms with Gasteiger partial charge in [-0.3, -0.25) is 14.4 Å². The van der Waals surface area contributed by atoms with Crippen LogP contribution in [-0.2, 0) is 23.9 Å². The summed E-state index contributed by atoms with van der Waals surface area (Å²) in [4.78, 5) is 37.8. The molecule has 0 heterocycles. The van der Waals surface area contributed by atoms with E-state index in [0.717, 1.165) is 6.42 Å². The monoisotopic (exact) mass is 450 g/mol. The Labute approximate surface area is 188 Å². The molecule has 2 bridgehead atoms. The second kappa shape index (κ2) is 6.87. The molecule has 178 valence electrons. The summed E-state index contributed by atoms with van der Waals surface area (Å²) in [5.74, 6) is -2.74. The quantitative estimate of drug-likeness (QED) is 0.424. The molecule has 4 aliphatic carbocycles. The zero-order chi connectivity index (χ0) is 24.0. The Kier molecular flexibility index (Phi) is 5.02. The van der Waals surface area contributed by atoms with E-state index in [4.69, 9.17) is 9.47 Å². The highest BCUT2D eigenvalue weighted by Gasteiger charge is 2.81. The number of aliphatic hydroxyl groups excluding tert-OH is 2. The summed E-state index contributed by atoms with van der Waals surface area (Å²) in [7, 11) is 0. The zero-order valence-electron chi connectivity index (χ0n) is 19.4. The molecule has 4 aliphatic rings. The lowest BCUT2D eigenvalue weighted by Crippen LogP contribution is -2.75. The molecular formula is C24H34O8. The van der Waals surface area contributed by atoms with Gasteiger partial charge in [0, 0.05) is 37.2 Å². The van der Waals surface area contributed by atoms with E-state index in [1.54, 1.807) is 0 Å². The first kappa shape index (κ1) is 23.4. The molecule has 9 unspecified atom stereocenters. The van der Waals surface area contributed by atoms with Crippen molar-refractivity contribution in [1.82, 2.24) is 0 Å². The molecule has 1 spiro atoms. The van der Waals surface area contributed by atoms with Gasteiger partial charge in [0.1, 0.15) is 23.9 Å². The van der Waals surface area contributed by atoms with Crippen molar-refractivity contribution in [3.8, 4) is 0 Å². The lowest BCUT2D eigenvalue weighted by atomic mass is 9.38. The number of hydrogen-bond acceptors (Lipinski definition) is 8. The first-order chi connectivity index (χ1) is 14.6. The molecule has 4 rings (SSSR count). The number of fused-ring (bicyclic) bond motifs is 3. The van der Waals surface area contributed by atoms with Crippen molar-refractivity contribution >= 4 is 17.7 Å². The third-order valence-corrected chi connectivity index (χ3v) is 9.24. The maximum Gasteiger partial charge on any atom is 0.302 e. The van der Waals surface area contributed by atoms with Crippen LogP contribution in [0, 0.1) is 28.1 Å². The fraction of sp³-hybridized carbons (Fsp3) is 0.792. The molecule has 8 heteroatoms. The minimum absolute atomic E-state index is 0.176. The number of ketones is 1. The molecular weight excluding hydrogens is 416 g/mol. The molecule has 4 fully saturated rings. The lowest BCUT2D eigenvalue weighted by molar-refractivity contribution is -0.294. The van der Waals surface area contributed by atoms with Crippen LogP contribution in [0.3, 0.4) is 0 Å². The molecule has 0 radical (unpaired) electrons. The van der Waals surface area contributed by atoms with Crippen LogP contribution in [0.4, 0.5) is 0 Å². The number of carbonyl (C=O) groups excluding carboxylic acids is 3. The number of esters is 2. The van der Waals surface area contributed by atoms with Crippen molar-refractivity contribution < 1.29 is 39.2 Å². The Morgan fingerprint density at radius 2 is 1.69 bits per heavy atom.